The van der Waals surface area contributed by atoms with Crippen molar-refractivity contribution in [1.82, 2.24) is 15.5 Å². The number of rotatable bonds is 6. The highest BCUT2D eigenvalue weighted by atomic mass is 16.5. The van der Waals surface area contributed by atoms with E-state index in [2.05, 4.69) is 29.3 Å². The number of carbonyl (C=O) groups is 1. The molecule has 2 heterocycles. The average Bonchev–Trinajstić information content (AvgIpc) is 2.87. The molecule has 0 aromatic carbocycles. The van der Waals surface area contributed by atoms with Crippen molar-refractivity contribution >= 4 is 5.91 Å². The zero-order valence-corrected chi connectivity index (χ0v) is 11.8. The summed E-state index contributed by atoms with van der Waals surface area (Å²) in [7, 11) is 0. The number of pyridine rings is 1. The Balaban J connectivity index is 1.81. The topological polar surface area (TPSA) is 68.0 Å². The van der Waals surface area contributed by atoms with E-state index < -0.39 is 0 Å². The molecule has 0 spiro atoms. The number of nitrogens with zero attached hydrogens (tertiary/aromatic N) is 2. The minimum Gasteiger partial charge on any atom is -0.351 e. The number of amides is 1. The second-order valence-corrected chi connectivity index (χ2v) is 5.14. The van der Waals surface area contributed by atoms with Crippen molar-refractivity contribution in [3.05, 3.63) is 47.6 Å². The fourth-order valence-corrected chi connectivity index (χ4v) is 1.89. The van der Waals surface area contributed by atoms with Crippen LogP contribution >= 0.6 is 0 Å². The van der Waals surface area contributed by atoms with E-state index in [1.54, 1.807) is 18.5 Å². The molecule has 0 bridgehead atoms. The Hall–Kier alpha value is -2.17. The molecule has 0 saturated heterocycles. The van der Waals surface area contributed by atoms with Crippen LogP contribution in [0.5, 0.6) is 0 Å². The molecule has 0 radical (unpaired) electrons. The molecule has 0 fully saturated rings. The Labute approximate surface area is 118 Å². The van der Waals surface area contributed by atoms with Crippen molar-refractivity contribution in [3.8, 4) is 0 Å². The number of nitrogens with one attached hydrogen (secondary N) is 1. The van der Waals surface area contributed by atoms with Gasteiger partial charge in [0, 0.05) is 25.0 Å². The first-order chi connectivity index (χ1) is 9.65. The molecule has 2 aromatic heterocycles. The summed E-state index contributed by atoms with van der Waals surface area (Å²) in [4.78, 5) is 15.8. The standard InChI is InChI=1S/C15H19N3O2/c1-11(2)9-13-10-14(20-18-13)15(19)17-8-5-12-3-6-16-7-4-12/h3-4,6-7,10-11H,5,8-9H2,1-2H3,(H,17,19). The molecule has 2 rings (SSSR count). The zero-order chi connectivity index (χ0) is 14.4. The Kier molecular flexibility index (Phi) is 4.87. The van der Waals surface area contributed by atoms with Gasteiger partial charge in [0.15, 0.2) is 0 Å². The summed E-state index contributed by atoms with van der Waals surface area (Å²) in [6, 6.07) is 5.57. The lowest BCUT2D eigenvalue weighted by atomic mass is 10.1. The molecular formula is C15H19N3O2. The first kappa shape index (κ1) is 14.2. The molecule has 0 unspecified atom stereocenters. The summed E-state index contributed by atoms with van der Waals surface area (Å²) in [6.07, 6.45) is 5.06. The van der Waals surface area contributed by atoms with Crippen LogP contribution in [0.1, 0.15) is 35.7 Å². The summed E-state index contributed by atoms with van der Waals surface area (Å²) in [6.45, 7) is 4.76. The van der Waals surface area contributed by atoms with Crippen LogP contribution in [0.4, 0.5) is 0 Å². The average molecular weight is 273 g/mol. The van der Waals surface area contributed by atoms with Gasteiger partial charge < -0.3 is 9.84 Å². The Bertz CT molecular complexity index is 549. The molecular weight excluding hydrogens is 254 g/mol. The minimum absolute atomic E-state index is 0.221. The van der Waals surface area contributed by atoms with Crippen LogP contribution in [-0.4, -0.2) is 22.6 Å². The predicted molar refractivity (Wildman–Crippen MR) is 75.3 cm³/mol. The lowest BCUT2D eigenvalue weighted by Crippen LogP contribution is -2.25. The summed E-state index contributed by atoms with van der Waals surface area (Å²) in [5, 5.41) is 6.72. The van der Waals surface area contributed by atoms with Gasteiger partial charge in [-0.25, -0.2) is 0 Å². The highest BCUT2D eigenvalue weighted by Gasteiger charge is 2.13. The van der Waals surface area contributed by atoms with E-state index in [0.29, 0.717) is 12.5 Å². The highest BCUT2D eigenvalue weighted by Crippen LogP contribution is 2.09. The summed E-state index contributed by atoms with van der Waals surface area (Å²) in [5.41, 5.74) is 1.96. The molecule has 5 heteroatoms. The zero-order valence-electron chi connectivity index (χ0n) is 11.8. The van der Waals surface area contributed by atoms with Crippen LogP contribution in [0.3, 0.4) is 0 Å². The monoisotopic (exact) mass is 273 g/mol. The van der Waals surface area contributed by atoms with Crippen LogP contribution in [-0.2, 0) is 12.8 Å². The Morgan fingerprint density at radius 3 is 2.80 bits per heavy atom. The van der Waals surface area contributed by atoms with Gasteiger partial charge in [0.1, 0.15) is 0 Å². The van der Waals surface area contributed by atoms with Crippen LogP contribution < -0.4 is 5.32 Å². The van der Waals surface area contributed by atoms with E-state index in [4.69, 9.17) is 4.52 Å². The molecule has 0 saturated carbocycles. The predicted octanol–water partition coefficient (Wildman–Crippen LogP) is 2.24. The second kappa shape index (κ2) is 6.84. The third-order valence-corrected chi connectivity index (χ3v) is 2.85. The minimum atomic E-state index is -0.221. The van der Waals surface area contributed by atoms with Gasteiger partial charge >= 0.3 is 0 Å². The first-order valence-corrected chi connectivity index (χ1v) is 6.78. The smallest absolute Gasteiger partial charge is 0.289 e. The quantitative estimate of drug-likeness (QED) is 0.876. The van der Waals surface area contributed by atoms with Gasteiger partial charge in [0.25, 0.3) is 5.91 Å². The summed E-state index contributed by atoms with van der Waals surface area (Å²) < 4.78 is 5.06. The third kappa shape index (κ3) is 4.19. The Morgan fingerprint density at radius 1 is 1.35 bits per heavy atom. The van der Waals surface area contributed by atoms with Crippen LogP contribution in [0.2, 0.25) is 0 Å². The van der Waals surface area contributed by atoms with Crippen LogP contribution in [0.15, 0.2) is 35.1 Å². The SMILES string of the molecule is CC(C)Cc1cc(C(=O)NCCc2ccncc2)on1. The fourth-order valence-electron chi connectivity index (χ4n) is 1.89. The van der Waals surface area contributed by atoms with Gasteiger partial charge in [0.05, 0.1) is 5.69 Å². The highest BCUT2D eigenvalue weighted by molar-refractivity contribution is 5.91. The van der Waals surface area contributed by atoms with Gasteiger partial charge in [-0.05, 0) is 36.5 Å². The lowest BCUT2D eigenvalue weighted by Gasteiger charge is -2.02. The third-order valence-electron chi connectivity index (χ3n) is 2.85. The normalized spacial score (nSPS) is 10.8. The largest absolute Gasteiger partial charge is 0.351 e. The van der Waals surface area contributed by atoms with Crippen molar-refractivity contribution in [1.29, 1.82) is 0 Å². The molecule has 20 heavy (non-hydrogen) atoms. The fraction of sp³-hybridized carbons (Fsp3) is 0.400. The van der Waals surface area contributed by atoms with E-state index in [0.717, 1.165) is 24.1 Å². The molecule has 1 N–H and O–H groups in total. The van der Waals surface area contributed by atoms with E-state index in [-0.39, 0.29) is 11.7 Å². The molecule has 0 aliphatic rings. The van der Waals surface area contributed by atoms with Crippen LogP contribution in [0.25, 0.3) is 0 Å². The molecule has 106 valence electrons. The van der Waals surface area contributed by atoms with Crippen molar-refractivity contribution in [2.45, 2.75) is 26.7 Å². The molecule has 1 amide bonds. The number of hydrogen-bond donors (Lipinski definition) is 1. The van der Waals surface area contributed by atoms with Crippen LogP contribution in [0, 0.1) is 5.92 Å². The Morgan fingerprint density at radius 2 is 2.10 bits per heavy atom. The van der Waals surface area contributed by atoms with Gasteiger partial charge in [-0.15, -0.1) is 0 Å². The van der Waals surface area contributed by atoms with Crippen molar-refractivity contribution in [2.24, 2.45) is 5.92 Å². The van der Waals surface area contributed by atoms with Crippen molar-refractivity contribution in [3.63, 3.8) is 0 Å². The van der Waals surface area contributed by atoms with Gasteiger partial charge in [-0.3, -0.25) is 9.78 Å². The molecule has 0 aliphatic carbocycles. The van der Waals surface area contributed by atoms with E-state index in [1.165, 1.54) is 0 Å². The van der Waals surface area contributed by atoms with Gasteiger partial charge in [-0.2, -0.15) is 0 Å². The second-order valence-electron chi connectivity index (χ2n) is 5.14. The van der Waals surface area contributed by atoms with Crippen molar-refractivity contribution < 1.29 is 9.32 Å². The lowest BCUT2D eigenvalue weighted by molar-refractivity contribution is 0.0917. The maximum Gasteiger partial charge on any atom is 0.289 e. The van der Waals surface area contributed by atoms with E-state index >= 15 is 0 Å². The first-order valence-electron chi connectivity index (χ1n) is 6.78. The van der Waals surface area contributed by atoms with E-state index in [9.17, 15) is 4.79 Å². The van der Waals surface area contributed by atoms with Gasteiger partial charge in [0.2, 0.25) is 5.76 Å². The number of carbonyl (C=O) groups excluding carboxylic acids is 1. The van der Waals surface area contributed by atoms with Crippen molar-refractivity contribution in [2.75, 3.05) is 6.54 Å². The summed E-state index contributed by atoms with van der Waals surface area (Å²) >= 11 is 0. The summed E-state index contributed by atoms with van der Waals surface area (Å²) in [5.74, 6) is 0.541. The maximum atomic E-state index is 11.9. The van der Waals surface area contributed by atoms with Gasteiger partial charge in [-0.1, -0.05) is 19.0 Å². The number of aromatic nitrogens is 2. The number of hydrogen-bond acceptors (Lipinski definition) is 4. The molecule has 2 aromatic rings. The molecule has 0 atom stereocenters. The maximum absolute atomic E-state index is 11.9. The molecule has 5 nitrogen and oxygen atoms in total. The molecule has 0 aliphatic heterocycles. The van der Waals surface area contributed by atoms with E-state index in [1.807, 2.05) is 12.1 Å².